The molecule has 0 saturated carbocycles. The molecule has 0 aromatic heterocycles. The van der Waals surface area contributed by atoms with Gasteiger partial charge in [-0.15, -0.1) is 0 Å². The third-order valence-electron chi connectivity index (χ3n) is 3.17. The Balaban J connectivity index is 2.36. The number of rotatable bonds is 4. The fourth-order valence-corrected chi connectivity index (χ4v) is 1.90. The maximum atomic E-state index is 11.8. The second kappa shape index (κ2) is 5.47. The van der Waals surface area contributed by atoms with Gasteiger partial charge in [0.05, 0.1) is 0 Å². The number of hydrogen-bond donors (Lipinski definition) is 1. The molecule has 0 aromatic rings. The Hall–Kier alpha value is -0.610. The van der Waals surface area contributed by atoms with Gasteiger partial charge in [0.25, 0.3) is 0 Å². The van der Waals surface area contributed by atoms with Crippen LogP contribution in [0.15, 0.2) is 0 Å². The third-order valence-corrected chi connectivity index (χ3v) is 3.17. The summed E-state index contributed by atoms with van der Waals surface area (Å²) in [7, 11) is 4.14. The van der Waals surface area contributed by atoms with Gasteiger partial charge in [0.15, 0.2) is 0 Å². The Morgan fingerprint density at radius 2 is 2.27 bits per heavy atom. The molecule has 1 heterocycles. The van der Waals surface area contributed by atoms with Crippen LogP contribution in [0.4, 0.5) is 0 Å². The molecule has 15 heavy (non-hydrogen) atoms. The maximum Gasteiger partial charge on any atom is 0.222 e. The first kappa shape index (κ1) is 12.5. The summed E-state index contributed by atoms with van der Waals surface area (Å²) in [5.41, 5.74) is 5.52. The highest BCUT2D eigenvalue weighted by Crippen LogP contribution is 2.15. The van der Waals surface area contributed by atoms with Crippen molar-refractivity contribution >= 4 is 5.91 Å². The largest absolute Gasteiger partial charge is 0.341 e. The van der Waals surface area contributed by atoms with Crippen molar-refractivity contribution in [2.24, 2.45) is 11.7 Å². The summed E-state index contributed by atoms with van der Waals surface area (Å²) in [6.45, 7) is 4.40. The van der Waals surface area contributed by atoms with E-state index in [0.29, 0.717) is 24.9 Å². The summed E-state index contributed by atoms with van der Waals surface area (Å²) in [6.07, 6.45) is 1.69. The Morgan fingerprint density at radius 3 is 2.73 bits per heavy atom. The minimum absolute atomic E-state index is 0.261. The van der Waals surface area contributed by atoms with Crippen LogP contribution in [0.5, 0.6) is 0 Å². The second-order valence-electron chi connectivity index (χ2n) is 4.79. The first-order valence-corrected chi connectivity index (χ1v) is 5.68. The minimum atomic E-state index is 0.261. The average molecular weight is 213 g/mol. The van der Waals surface area contributed by atoms with E-state index in [1.54, 1.807) is 0 Å². The molecule has 0 bridgehead atoms. The third kappa shape index (κ3) is 3.47. The van der Waals surface area contributed by atoms with Crippen molar-refractivity contribution in [2.75, 3.05) is 33.7 Å². The number of likely N-dealkylation sites (N-methyl/N-ethyl adjacent to an activating group) is 1. The summed E-state index contributed by atoms with van der Waals surface area (Å²) in [6, 6.07) is 0.530. The number of amides is 1. The predicted molar refractivity (Wildman–Crippen MR) is 61.5 cm³/mol. The fourth-order valence-electron chi connectivity index (χ4n) is 1.90. The maximum absolute atomic E-state index is 11.8. The molecule has 2 N–H and O–H groups in total. The molecule has 1 amide bonds. The molecular weight excluding hydrogens is 190 g/mol. The van der Waals surface area contributed by atoms with Crippen molar-refractivity contribution in [1.29, 1.82) is 0 Å². The normalized spacial score (nSPS) is 23.5. The van der Waals surface area contributed by atoms with Crippen LogP contribution in [0.25, 0.3) is 0 Å². The van der Waals surface area contributed by atoms with Gasteiger partial charge in [0, 0.05) is 25.6 Å². The molecule has 1 fully saturated rings. The van der Waals surface area contributed by atoms with Gasteiger partial charge in [-0.3, -0.25) is 4.79 Å². The van der Waals surface area contributed by atoms with E-state index in [1.807, 2.05) is 11.8 Å². The molecule has 2 unspecified atom stereocenters. The van der Waals surface area contributed by atoms with E-state index in [4.69, 9.17) is 5.73 Å². The van der Waals surface area contributed by atoms with Crippen LogP contribution in [0.2, 0.25) is 0 Å². The summed E-state index contributed by atoms with van der Waals surface area (Å²) in [4.78, 5) is 16.0. The van der Waals surface area contributed by atoms with Gasteiger partial charge in [-0.1, -0.05) is 6.92 Å². The molecule has 2 atom stereocenters. The average Bonchev–Trinajstić information content (AvgIpc) is 2.66. The number of nitrogens with two attached hydrogens (primary N) is 1. The Labute approximate surface area is 92.4 Å². The lowest BCUT2D eigenvalue weighted by atomic mass is 10.1. The lowest BCUT2D eigenvalue weighted by Gasteiger charge is -2.21. The van der Waals surface area contributed by atoms with Crippen LogP contribution >= 0.6 is 0 Å². The molecule has 88 valence electrons. The highest BCUT2D eigenvalue weighted by Gasteiger charge is 2.27. The number of nitrogens with zero attached hydrogens (tertiary/aromatic N) is 2. The van der Waals surface area contributed by atoms with E-state index in [-0.39, 0.29) is 5.91 Å². The summed E-state index contributed by atoms with van der Waals surface area (Å²) in [5.74, 6) is 0.563. The van der Waals surface area contributed by atoms with Gasteiger partial charge in [-0.25, -0.2) is 0 Å². The molecule has 1 aliphatic heterocycles. The van der Waals surface area contributed by atoms with Gasteiger partial charge >= 0.3 is 0 Å². The van der Waals surface area contributed by atoms with Crippen LogP contribution in [0, 0.1) is 5.92 Å². The van der Waals surface area contributed by atoms with E-state index in [9.17, 15) is 4.79 Å². The molecule has 0 aromatic carbocycles. The van der Waals surface area contributed by atoms with Crippen LogP contribution in [-0.4, -0.2) is 55.5 Å². The highest BCUT2D eigenvalue weighted by molar-refractivity contribution is 5.76. The van der Waals surface area contributed by atoms with Crippen molar-refractivity contribution < 1.29 is 4.79 Å². The van der Waals surface area contributed by atoms with Gasteiger partial charge in [0.1, 0.15) is 0 Å². The standard InChI is InChI=1S/C11H23N3O/c1-9(7-12)6-11(15)14-5-4-10(8-14)13(2)3/h9-10H,4-8,12H2,1-3H3. The molecule has 4 nitrogen and oxygen atoms in total. The number of carbonyl (C=O) groups is 1. The zero-order valence-corrected chi connectivity index (χ0v) is 10.1. The molecule has 0 aliphatic carbocycles. The molecule has 1 rings (SSSR count). The lowest BCUT2D eigenvalue weighted by molar-refractivity contribution is -0.131. The van der Waals surface area contributed by atoms with Crippen LogP contribution in [-0.2, 0) is 4.79 Å². The highest BCUT2D eigenvalue weighted by atomic mass is 16.2. The first-order chi connectivity index (χ1) is 7.04. The molecule has 0 spiro atoms. The molecule has 4 heteroatoms. The quantitative estimate of drug-likeness (QED) is 0.722. The monoisotopic (exact) mass is 213 g/mol. The molecular formula is C11H23N3O. The van der Waals surface area contributed by atoms with Gasteiger partial charge < -0.3 is 15.5 Å². The van der Waals surface area contributed by atoms with E-state index in [2.05, 4.69) is 19.0 Å². The van der Waals surface area contributed by atoms with Crippen molar-refractivity contribution in [2.45, 2.75) is 25.8 Å². The Kier molecular flexibility index (Phi) is 4.54. The van der Waals surface area contributed by atoms with E-state index in [0.717, 1.165) is 19.5 Å². The van der Waals surface area contributed by atoms with E-state index in [1.165, 1.54) is 0 Å². The van der Waals surface area contributed by atoms with Gasteiger partial charge in [-0.2, -0.15) is 0 Å². The van der Waals surface area contributed by atoms with Crippen molar-refractivity contribution in [3.05, 3.63) is 0 Å². The minimum Gasteiger partial charge on any atom is -0.341 e. The fraction of sp³-hybridized carbons (Fsp3) is 0.909. The van der Waals surface area contributed by atoms with Crippen molar-refractivity contribution in [1.82, 2.24) is 9.80 Å². The van der Waals surface area contributed by atoms with Crippen LogP contribution < -0.4 is 5.73 Å². The second-order valence-corrected chi connectivity index (χ2v) is 4.79. The Morgan fingerprint density at radius 1 is 1.60 bits per heavy atom. The number of carbonyl (C=O) groups excluding carboxylic acids is 1. The molecule has 1 aliphatic rings. The SMILES string of the molecule is CC(CN)CC(=O)N1CCC(N(C)C)C1. The zero-order chi connectivity index (χ0) is 11.4. The smallest absolute Gasteiger partial charge is 0.222 e. The van der Waals surface area contributed by atoms with Gasteiger partial charge in [-0.05, 0) is 33.0 Å². The van der Waals surface area contributed by atoms with Crippen LogP contribution in [0.1, 0.15) is 19.8 Å². The molecule has 0 radical (unpaired) electrons. The van der Waals surface area contributed by atoms with E-state index < -0.39 is 0 Å². The topological polar surface area (TPSA) is 49.6 Å². The summed E-state index contributed by atoms with van der Waals surface area (Å²) >= 11 is 0. The van der Waals surface area contributed by atoms with Crippen molar-refractivity contribution in [3.63, 3.8) is 0 Å². The van der Waals surface area contributed by atoms with Crippen molar-refractivity contribution in [3.8, 4) is 0 Å². The summed E-state index contributed by atoms with van der Waals surface area (Å²) in [5, 5.41) is 0. The number of hydrogen-bond acceptors (Lipinski definition) is 3. The van der Waals surface area contributed by atoms with Crippen LogP contribution in [0.3, 0.4) is 0 Å². The van der Waals surface area contributed by atoms with E-state index >= 15 is 0 Å². The predicted octanol–water partition coefficient (Wildman–Crippen LogP) is 0.134. The Bertz CT molecular complexity index is 218. The zero-order valence-electron chi connectivity index (χ0n) is 10.1. The van der Waals surface area contributed by atoms with Gasteiger partial charge in [0.2, 0.25) is 5.91 Å². The summed E-state index contributed by atoms with van der Waals surface area (Å²) < 4.78 is 0. The molecule has 1 saturated heterocycles. The first-order valence-electron chi connectivity index (χ1n) is 5.68. The number of likely N-dealkylation sites (tertiary alicyclic amines) is 1. The lowest BCUT2D eigenvalue weighted by Crippen LogP contribution is -2.35.